The Bertz CT molecular complexity index is 946. The molecule has 0 bridgehead atoms. The van der Waals surface area contributed by atoms with Crippen molar-refractivity contribution in [1.29, 1.82) is 0 Å². The summed E-state index contributed by atoms with van der Waals surface area (Å²) in [6.07, 6.45) is 1.10. The topological polar surface area (TPSA) is 57.5 Å². The molecule has 0 aliphatic rings. The molecule has 1 aromatic heterocycles. The first kappa shape index (κ1) is 17.7. The molecule has 0 N–H and O–H groups in total. The lowest BCUT2D eigenvalue weighted by Crippen LogP contribution is -2.31. The summed E-state index contributed by atoms with van der Waals surface area (Å²) in [6.45, 7) is 1.82. The third-order valence-corrected chi connectivity index (χ3v) is 4.09. The molecular weight excluding hydrogens is 337 g/mol. The first-order chi connectivity index (χ1) is 12.5. The molecule has 5 nitrogen and oxygen atoms in total. The van der Waals surface area contributed by atoms with Crippen LogP contribution in [0.15, 0.2) is 54.7 Å². The van der Waals surface area contributed by atoms with Crippen LogP contribution in [0.2, 0.25) is 0 Å². The van der Waals surface area contributed by atoms with Crippen LogP contribution in [0, 0.1) is 5.82 Å². The highest BCUT2D eigenvalue weighted by Gasteiger charge is 2.25. The summed E-state index contributed by atoms with van der Waals surface area (Å²) >= 11 is 0. The minimum Gasteiger partial charge on any atom is -0.481 e. The molecule has 0 spiro atoms. The van der Waals surface area contributed by atoms with Gasteiger partial charge in [-0.3, -0.25) is 9.36 Å². The number of hydrogen-bond donors (Lipinski definition) is 0. The van der Waals surface area contributed by atoms with Crippen molar-refractivity contribution < 1.29 is 23.5 Å². The van der Waals surface area contributed by atoms with Crippen molar-refractivity contribution in [3.63, 3.8) is 0 Å². The second-order valence-corrected chi connectivity index (χ2v) is 5.73. The van der Waals surface area contributed by atoms with E-state index in [1.807, 2.05) is 6.92 Å². The number of para-hydroxylation sites is 1. The van der Waals surface area contributed by atoms with E-state index >= 15 is 0 Å². The van der Waals surface area contributed by atoms with Crippen molar-refractivity contribution in [2.75, 3.05) is 7.11 Å². The molecular formula is C20H18FNO4. The number of rotatable bonds is 5. The molecule has 3 aromatic rings. The van der Waals surface area contributed by atoms with Gasteiger partial charge in [-0.25, -0.2) is 9.18 Å². The monoisotopic (exact) mass is 355 g/mol. The van der Waals surface area contributed by atoms with Crippen LogP contribution in [0.3, 0.4) is 0 Å². The van der Waals surface area contributed by atoms with Gasteiger partial charge in [0, 0.05) is 11.6 Å². The first-order valence-electron chi connectivity index (χ1n) is 8.20. The van der Waals surface area contributed by atoms with Gasteiger partial charge in [-0.1, -0.05) is 25.1 Å². The molecule has 1 heterocycles. The predicted octanol–water partition coefficient (Wildman–Crippen LogP) is 4.06. The summed E-state index contributed by atoms with van der Waals surface area (Å²) in [7, 11) is 1.29. The smallest absolute Gasteiger partial charge is 0.340 e. The fourth-order valence-electron chi connectivity index (χ4n) is 2.78. The minimum atomic E-state index is -0.776. The standard InChI is InChI=1S/C20H18FNO4/c1-3-18(26-14-10-8-13(21)9-11-14)19(23)22-12-16(20(24)25-2)15-6-4-5-7-17(15)22/h4-12,18H,3H2,1-2H3/t18-/m0/s1. The molecule has 26 heavy (non-hydrogen) atoms. The lowest BCUT2D eigenvalue weighted by atomic mass is 10.2. The maximum absolute atomic E-state index is 13.0. The Hall–Kier alpha value is -3.15. The number of fused-ring (bicyclic) bond motifs is 1. The van der Waals surface area contributed by atoms with E-state index in [4.69, 9.17) is 9.47 Å². The van der Waals surface area contributed by atoms with E-state index in [1.165, 1.54) is 42.1 Å². The zero-order valence-electron chi connectivity index (χ0n) is 14.4. The average molecular weight is 355 g/mol. The van der Waals surface area contributed by atoms with Gasteiger partial charge in [0.1, 0.15) is 11.6 Å². The van der Waals surface area contributed by atoms with E-state index in [1.54, 1.807) is 24.3 Å². The number of carbonyl (C=O) groups excluding carboxylic acids is 2. The van der Waals surface area contributed by atoms with Crippen molar-refractivity contribution in [1.82, 2.24) is 4.57 Å². The van der Waals surface area contributed by atoms with E-state index < -0.39 is 12.1 Å². The lowest BCUT2D eigenvalue weighted by molar-refractivity contribution is 0.0602. The fourth-order valence-corrected chi connectivity index (χ4v) is 2.78. The van der Waals surface area contributed by atoms with Gasteiger partial charge in [0.05, 0.1) is 18.2 Å². The second kappa shape index (κ2) is 7.39. The number of carbonyl (C=O) groups is 2. The fraction of sp³-hybridized carbons (Fsp3) is 0.200. The summed E-state index contributed by atoms with van der Waals surface area (Å²) in [5, 5.41) is 0.629. The highest BCUT2D eigenvalue weighted by atomic mass is 19.1. The van der Waals surface area contributed by atoms with E-state index in [0.29, 0.717) is 28.6 Å². The summed E-state index contributed by atoms with van der Waals surface area (Å²) in [6, 6.07) is 12.6. The molecule has 0 amide bonds. The number of esters is 1. The number of ether oxygens (including phenoxy) is 2. The van der Waals surface area contributed by atoms with Crippen LogP contribution in [0.1, 0.15) is 28.5 Å². The number of nitrogens with zero attached hydrogens (tertiary/aromatic N) is 1. The summed E-state index contributed by atoms with van der Waals surface area (Å²) in [5.41, 5.74) is 0.909. The second-order valence-electron chi connectivity index (χ2n) is 5.73. The Morgan fingerprint density at radius 2 is 1.81 bits per heavy atom. The van der Waals surface area contributed by atoms with Crippen LogP contribution in [-0.4, -0.2) is 29.7 Å². The summed E-state index contributed by atoms with van der Waals surface area (Å²) < 4.78 is 25.0. The van der Waals surface area contributed by atoms with Crippen LogP contribution in [0.4, 0.5) is 4.39 Å². The number of halogens is 1. The van der Waals surface area contributed by atoms with Gasteiger partial charge >= 0.3 is 5.97 Å². The minimum absolute atomic E-state index is 0.313. The van der Waals surface area contributed by atoms with Crippen LogP contribution < -0.4 is 4.74 Å². The molecule has 0 unspecified atom stereocenters. The third-order valence-electron chi connectivity index (χ3n) is 4.09. The maximum Gasteiger partial charge on any atom is 0.340 e. The summed E-state index contributed by atoms with van der Waals surface area (Å²) in [5.74, 6) is -0.810. The van der Waals surface area contributed by atoms with E-state index in [-0.39, 0.29) is 11.7 Å². The molecule has 3 rings (SSSR count). The van der Waals surface area contributed by atoms with Gasteiger partial charge < -0.3 is 9.47 Å². The van der Waals surface area contributed by atoms with Gasteiger partial charge in [-0.2, -0.15) is 0 Å². The van der Waals surface area contributed by atoms with Gasteiger partial charge in [0.15, 0.2) is 6.10 Å². The Labute approximate surface area is 149 Å². The van der Waals surface area contributed by atoms with E-state index in [9.17, 15) is 14.0 Å². The van der Waals surface area contributed by atoms with E-state index in [0.717, 1.165) is 0 Å². The molecule has 0 saturated heterocycles. The molecule has 134 valence electrons. The maximum atomic E-state index is 13.0. The van der Waals surface area contributed by atoms with Crippen molar-refractivity contribution in [3.05, 3.63) is 66.1 Å². The molecule has 0 radical (unpaired) electrons. The highest BCUT2D eigenvalue weighted by Crippen LogP contribution is 2.24. The molecule has 0 saturated carbocycles. The van der Waals surface area contributed by atoms with Gasteiger partial charge in [-0.05, 0) is 36.8 Å². The van der Waals surface area contributed by atoms with Gasteiger partial charge in [0.25, 0.3) is 5.91 Å². The number of aromatic nitrogens is 1. The Balaban J connectivity index is 1.97. The largest absolute Gasteiger partial charge is 0.481 e. The van der Waals surface area contributed by atoms with Gasteiger partial charge in [0.2, 0.25) is 0 Å². The quantitative estimate of drug-likeness (QED) is 0.648. The van der Waals surface area contributed by atoms with Crippen LogP contribution in [-0.2, 0) is 4.74 Å². The molecule has 2 aromatic carbocycles. The average Bonchev–Trinajstić information content (AvgIpc) is 3.06. The number of benzene rings is 2. The predicted molar refractivity (Wildman–Crippen MR) is 95.0 cm³/mol. The van der Waals surface area contributed by atoms with Gasteiger partial charge in [-0.15, -0.1) is 0 Å². The molecule has 0 aliphatic heterocycles. The zero-order chi connectivity index (χ0) is 18.7. The first-order valence-corrected chi connectivity index (χ1v) is 8.20. The van der Waals surface area contributed by atoms with Crippen molar-refractivity contribution in [2.45, 2.75) is 19.4 Å². The van der Waals surface area contributed by atoms with Crippen LogP contribution in [0.25, 0.3) is 10.9 Å². The Morgan fingerprint density at radius 3 is 2.46 bits per heavy atom. The van der Waals surface area contributed by atoms with Crippen molar-refractivity contribution in [2.24, 2.45) is 0 Å². The molecule has 6 heteroatoms. The normalized spacial score (nSPS) is 12.0. The zero-order valence-corrected chi connectivity index (χ0v) is 14.4. The lowest BCUT2D eigenvalue weighted by Gasteiger charge is -2.17. The van der Waals surface area contributed by atoms with Crippen LogP contribution in [0.5, 0.6) is 5.75 Å². The molecule has 0 fully saturated rings. The van der Waals surface area contributed by atoms with Crippen molar-refractivity contribution in [3.8, 4) is 5.75 Å². The summed E-state index contributed by atoms with van der Waals surface area (Å²) in [4.78, 5) is 25.0. The highest BCUT2D eigenvalue weighted by molar-refractivity contribution is 6.07. The molecule has 0 aliphatic carbocycles. The Morgan fingerprint density at radius 1 is 1.12 bits per heavy atom. The van der Waals surface area contributed by atoms with E-state index in [2.05, 4.69) is 0 Å². The number of methoxy groups -OCH3 is 1. The third kappa shape index (κ3) is 3.31. The number of hydrogen-bond acceptors (Lipinski definition) is 4. The molecule has 1 atom stereocenters. The van der Waals surface area contributed by atoms with Crippen LogP contribution >= 0.6 is 0 Å². The Kier molecular flexibility index (Phi) is 5.02. The van der Waals surface area contributed by atoms with Crippen molar-refractivity contribution >= 4 is 22.8 Å². The SMILES string of the molecule is CC[C@H](Oc1ccc(F)cc1)C(=O)n1cc(C(=O)OC)c2ccccc21.